The van der Waals surface area contributed by atoms with E-state index in [4.69, 9.17) is 14.2 Å². The molecule has 0 saturated heterocycles. The molecule has 0 saturated carbocycles. The first-order valence-electron chi connectivity index (χ1n) is 13.0. The van der Waals surface area contributed by atoms with E-state index in [1.54, 1.807) is 12.1 Å². The average molecular weight is 521 g/mol. The first-order chi connectivity index (χ1) is 18.1. The van der Waals surface area contributed by atoms with E-state index in [1.165, 1.54) is 25.4 Å². The van der Waals surface area contributed by atoms with Crippen LogP contribution in [0.25, 0.3) is 0 Å². The van der Waals surface area contributed by atoms with Crippen LogP contribution in [0.2, 0.25) is 0 Å². The van der Waals surface area contributed by atoms with E-state index in [1.807, 2.05) is 26.0 Å². The van der Waals surface area contributed by atoms with Crippen LogP contribution in [0, 0.1) is 0 Å². The van der Waals surface area contributed by atoms with Crippen LogP contribution in [-0.4, -0.2) is 30.2 Å². The van der Waals surface area contributed by atoms with Crippen LogP contribution in [-0.2, 0) is 12.8 Å². The summed E-state index contributed by atoms with van der Waals surface area (Å²) in [4.78, 5) is 13.3. The number of ketones is 1. The number of rotatable bonds is 10. The Kier molecular flexibility index (Phi) is 9.67. The van der Waals surface area contributed by atoms with Crippen molar-refractivity contribution in [3.8, 4) is 28.7 Å². The van der Waals surface area contributed by atoms with Crippen LogP contribution in [0.4, 0.5) is 0 Å². The maximum atomic E-state index is 13.3. The Labute approximate surface area is 226 Å². The zero-order valence-electron chi connectivity index (χ0n) is 23.6. The van der Waals surface area contributed by atoms with Gasteiger partial charge in [-0.2, -0.15) is 0 Å². The molecule has 2 aromatic rings. The van der Waals surface area contributed by atoms with Crippen molar-refractivity contribution in [2.24, 2.45) is 0 Å². The molecule has 0 bridgehead atoms. The number of benzene rings is 2. The van der Waals surface area contributed by atoms with Gasteiger partial charge < -0.3 is 24.4 Å². The highest BCUT2D eigenvalue weighted by atomic mass is 16.5. The Morgan fingerprint density at radius 3 is 2.21 bits per heavy atom. The van der Waals surface area contributed by atoms with E-state index in [0.29, 0.717) is 41.0 Å². The fourth-order valence-electron chi connectivity index (χ4n) is 4.63. The summed E-state index contributed by atoms with van der Waals surface area (Å²) in [5.74, 6) is 0.816. The summed E-state index contributed by atoms with van der Waals surface area (Å²) in [7, 11) is 3.04. The first kappa shape index (κ1) is 28.9. The molecule has 6 heteroatoms. The minimum atomic E-state index is -0.631. The predicted octanol–water partition coefficient (Wildman–Crippen LogP) is 7.57. The number of phenolic OH excluding ortho intramolecular Hbond substituents is 2. The molecule has 204 valence electrons. The lowest BCUT2D eigenvalue weighted by Gasteiger charge is -2.29. The Morgan fingerprint density at radius 2 is 1.58 bits per heavy atom. The molecule has 1 atom stereocenters. The number of allylic oxidation sites excluding steroid dienone is 6. The number of aromatic hydroxyl groups is 2. The molecule has 1 aliphatic heterocycles. The number of hydrogen-bond donors (Lipinski definition) is 2. The number of Topliss-reactive ketones (excluding diaryl/α,β-unsaturated/α-hetero) is 1. The van der Waals surface area contributed by atoms with Crippen molar-refractivity contribution in [1.82, 2.24) is 0 Å². The van der Waals surface area contributed by atoms with Crippen molar-refractivity contribution in [3.05, 3.63) is 75.4 Å². The summed E-state index contributed by atoms with van der Waals surface area (Å²) in [6.07, 6.45) is 8.48. The number of methoxy groups -OCH3 is 2. The molecule has 2 aromatic carbocycles. The lowest BCUT2D eigenvalue weighted by molar-refractivity contribution is 0.0843. The van der Waals surface area contributed by atoms with Gasteiger partial charge in [-0.15, -0.1) is 0 Å². The Balaban J connectivity index is 1.99. The molecule has 0 aromatic heterocycles. The molecular formula is C32H40O6. The number of hydrogen-bond acceptors (Lipinski definition) is 6. The van der Waals surface area contributed by atoms with Crippen LogP contribution in [0.3, 0.4) is 0 Å². The lowest BCUT2D eigenvalue weighted by atomic mass is 9.89. The molecule has 38 heavy (non-hydrogen) atoms. The minimum Gasteiger partial charge on any atom is -0.507 e. The van der Waals surface area contributed by atoms with Crippen molar-refractivity contribution in [2.45, 2.75) is 72.8 Å². The molecule has 0 fully saturated rings. The number of phenols is 2. The number of ether oxygens (including phenoxy) is 3. The second-order valence-corrected chi connectivity index (χ2v) is 10.3. The third kappa shape index (κ3) is 6.60. The maximum absolute atomic E-state index is 13.3. The molecule has 1 aliphatic rings. The zero-order chi connectivity index (χ0) is 28.0. The van der Waals surface area contributed by atoms with Gasteiger partial charge in [0.15, 0.2) is 17.3 Å². The largest absolute Gasteiger partial charge is 0.507 e. The minimum absolute atomic E-state index is 0.0387. The Morgan fingerprint density at radius 1 is 0.921 bits per heavy atom. The van der Waals surface area contributed by atoms with Gasteiger partial charge in [-0.25, -0.2) is 0 Å². The highest BCUT2D eigenvalue weighted by Gasteiger charge is 2.34. The monoisotopic (exact) mass is 520 g/mol. The van der Waals surface area contributed by atoms with E-state index in [-0.39, 0.29) is 35.0 Å². The van der Waals surface area contributed by atoms with Gasteiger partial charge in [-0.1, -0.05) is 41.0 Å². The summed E-state index contributed by atoms with van der Waals surface area (Å²) in [5, 5.41) is 22.0. The average Bonchev–Trinajstić information content (AvgIpc) is 2.86. The second-order valence-electron chi connectivity index (χ2n) is 10.3. The number of carbonyl (C=O) groups is 1. The van der Waals surface area contributed by atoms with Crippen LogP contribution in [0.15, 0.2) is 53.1 Å². The number of fused-ring (bicyclic) bond motifs is 1. The Bertz CT molecular complexity index is 1270. The fraction of sp³-hybridized carbons (Fsp3) is 0.406. The third-order valence-electron chi connectivity index (χ3n) is 6.78. The van der Waals surface area contributed by atoms with E-state index >= 15 is 0 Å². The summed E-state index contributed by atoms with van der Waals surface area (Å²) >= 11 is 0. The molecule has 6 nitrogen and oxygen atoms in total. The van der Waals surface area contributed by atoms with Crippen molar-refractivity contribution >= 4 is 5.78 Å². The van der Waals surface area contributed by atoms with Gasteiger partial charge in [0.2, 0.25) is 0 Å². The van der Waals surface area contributed by atoms with E-state index in [9.17, 15) is 15.0 Å². The van der Waals surface area contributed by atoms with Gasteiger partial charge in [0.1, 0.15) is 28.9 Å². The molecule has 1 heterocycles. The van der Waals surface area contributed by atoms with Crippen LogP contribution < -0.4 is 14.2 Å². The van der Waals surface area contributed by atoms with Crippen molar-refractivity contribution < 1.29 is 29.2 Å². The normalized spacial score (nSPS) is 14.9. The molecule has 0 amide bonds. The molecule has 1 unspecified atom stereocenters. The van der Waals surface area contributed by atoms with Gasteiger partial charge in [0.05, 0.1) is 20.6 Å². The first-order valence-corrected chi connectivity index (χ1v) is 13.0. The maximum Gasteiger partial charge on any atom is 0.174 e. The molecule has 0 spiro atoms. The van der Waals surface area contributed by atoms with E-state index in [0.717, 1.165) is 18.4 Å². The van der Waals surface area contributed by atoms with Crippen molar-refractivity contribution in [3.63, 3.8) is 0 Å². The van der Waals surface area contributed by atoms with Gasteiger partial charge in [0, 0.05) is 22.8 Å². The third-order valence-corrected chi connectivity index (χ3v) is 6.78. The lowest BCUT2D eigenvalue weighted by Crippen LogP contribution is -2.22. The fourth-order valence-corrected chi connectivity index (χ4v) is 4.63. The van der Waals surface area contributed by atoms with Gasteiger partial charge in [-0.3, -0.25) is 4.79 Å². The predicted molar refractivity (Wildman–Crippen MR) is 151 cm³/mol. The molecular weight excluding hydrogens is 480 g/mol. The second kappa shape index (κ2) is 12.7. The molecule has 0 radical (unpaired) electrons. The van der Waals surface area contributed by atoms with Crippen LogP contribution in [0.1, 0.15) is 87.0 Å². The summed E-state index contributed by atoms with van der Waals surface area (Å²) in [6.45, 7) is 10.2. The summed E-state index contributed by atoms with van der Waals surface area (Å²) in [6, 6.07) is 5.19. The summed E-state index contributed by atoms with van der Waals surface area (Å²) in [5.41, 5.74) is 5.69. The van der Waals surface area contributed by atoms with E-state index in [2.05, 4.69) is 32.9 Å². The molecule has 0 aliphatic carbocycles. The highest BCUT2D eigenvalue weighted by molar-refractivity contribution is 6.03. The molecule has 2 N–H and O–H groups in total. The quantitative estimate of drug-likeness (QED) is 0.314. The van der Waals surface area contributed by atoms with Crippen molar-refractivity contribution in [2.75, 3.05) is 14.2 Å². The topological polar surface area (TPSA) is 85.2 Å². The van der Waals surface area contributed by atoms with Crippen LogP contribution >= 0.6 is 0 Å². The molecule has 3 rings (SSSR count). The van der Waals surface area contributed by atoms with E-state index < -0.39 is 6.10 Å². The highest BCUT2D eigenvalue weighted by Crippen LogP contribution is 2.47. The SMILES string of the molecule is COc1ccc(C2CC(=O)c3c(cc(OC)c(CC=C(C)C)c3O)O2)c(CC=C(C)CCC=C(C)C)c1O. The van der Waals surface area contributed by atoms with Gasteiger partial charge >= 0.3 is 0 Å². The smallest absolute Gasteiger partial charge is 0.174 e. The number of carbonyl (C=O) groups excluding carboxylic acids is 1. The van der Waals surface area contributed by atoms with Gasteiger partial charge in [0.25, 0.3) is 0 Å². The Hall–Kier alpha value is -3.67. The summed E-state index contributed by atoms with van der Waals surface area (Å²) < 4.78 is 17.2. The standard InChI is InChI=1S/C32H40O6/c1-19(2)9-8-10-21(5)12-14-23-22(15-16-26(36-6)31(23)34)28-17-25(33)30-29(38-28)18-27(37-7)24(32(30)35)13-11-20(3)4/h9,11-12,15-16,18,28,34-35H,8,10,13-14,17H2,1-7H3. The van der Waals surface area contributed by atoms with Crippen LogP contribution in [0.5, 0.6) is 28.7 Å². The van der Waals surface area contributed by atoms with Gasteiger partial charge in [-0.05, 0) is 66.4 Å². The van der Waals surface area contributed by atoms with Crippen molar-refractivity contribution in [1.29, 1.82) is 0 Å². The zero-order valence-corrected chi connectivity index (χ0v) is 23.6.